The van der Waals surface area contributed by atoms with Gasteiger partial charge in [-0.25, -0.2) is 10.4 Å². The molecule has 2 aromatic rings. The van der Waals surface area contributed by atoms with Gasteiger partial charge >= 0.3 is 0 Å². The Labute approximate surface area is 146 Å². The highest BCUT2D eigenvalue weighted by Crippen LogP contribution is 2.09. The van der Waals surface area contributed by atoms with Crippen LogP contribution in [0.15, 0.2) is 40.8 Å². The van der Waals surface area contributed by atoms with E-state index < -0.39 is 0 Å². The molecule has 24 heavy (non-hydrogen) atoms. The number of quaternary nitrogens is 1. The highest BCUT2D eigenvalue weighted by Gasteiger charge is 2.18. The zero-order valence-electron chi connectivity index (χ0n) is 13.9. The van der Waals surface area contributed by atoms with Crippen LogP contribution in [-0.2, 0) is 17.8 Å². The minimum absolute atomic E-state index is 0.0871. The average Bonchev–Trinajstić information content (AvgIpc) is 3.00. The Morgan fingerprint density at radius 1 is 1.29 bits per heavy atom. The Hall–Kier alpha value is -2.05. The van der Waals surface area contributed by atoms with E-state index in [2.05, 4.69) is 45.8 Å². The fraction of sp³-hybridized carbons (Fsp3) is 0.389. The highest BCUT2D eigenvalue weighted by atomic mass is 32.1. The standard InChI is InChI=1S/C18H22N4OS/c1-14-13-24-18(19-14)11-17(23)21-20-16-7-9-22(10-8-16)12-15-5-3-2-4-6-15/h2-6,13H,7-12H2,1H3,(H,21,23)/p+1. The van der Waals surface area contributed by atoms with Gasteiger partial charge in [-0.3, -0.25) is 4.79 Å². The molecular weight excluding hydrogens is 320 g/mol. The minimum atomic E-state index is -0.0871. The van der Waals surface area contributed by atoms with Crippen molar-refractivity contribution in [2.24, 2.45) is 5.10 Å². The molecule has 6 heteroatoms. The van der Waals surface area contributed by atoms with Crippen molar-refractivity contribution in [2.75, 3.05) is 13.1 Å². The number of nitrogens with one attached hydrogen (secondary N) is 2. The van der Waals surface area contributed by atoms with Gasteiger partial charge in [-0.1, -0.05) is 30.3 Å². The Morgan fingerprint density at radius 2 is 2.04 bits per heavy atom. The van der Waals surface area contributed by atoms with Crippen LogP contribution in [0.1, 0.15) is 29.1 Å². The SMILES string of the molecule is Cc1csc(CC(=O)NN=C2CC[NH+](Cc3ccccc3)CC2)n1. The second kappa shape index (κ2) is 8.17. The first-order valence-corrected chi connectivity index (χ1v) is 9.20. The van der Waals surface area contributed by atoms with E-state index in [0.29, 0.717) is 6.42 Å². The largest absolute Gasteiger partial charge is 0.331 e. The Bertz CT molecular complexity index is 701. The number of carbonyl (C=O) groups is 1. The molecule has 1 saturated heterocycles. The molecule has 2 N–H and O–H groups in total. The van der Waals surface area contributed by atoms with Gasteiger partial charge in [0.1, 0.15) is 11.6 Å². The van der Waals surface area contributed by atoms with Gasteiger partial charge in [0.25, 0.3) is 0 Å². The molecule has 0 bridgehead atoms. The molecule has 2 heterocycles. The zero-order chi connectivity index (χ0) is 16.8. The van der Waals surface area contributed by atoms with E-state index in [1.54, 1.807) is 4.90 Å². The van der Waals surface area contributed by atoms with Gasteiger partial charge in [-0.05, 0) is 6.92 Å². The summed E-state index contributed by atoms with van der Waals surface area (Å²) in [5.74, 6) is -0.0871. The van der Waals surface area contributed by atoms with Crippen molar-refractivity contribution in [2.45, 2.75) is 32.7 Å². The average molecular weight is 343 g/mol. The second-order valence-electron chi connectivity index (χ2n) is 6.18. The Kier molecular flexibility index (Phi) is 5.72. The quantitative estimate of drug-likeness (QED) is 0.805. The number of thiazole rings is 1. The molecule has 1 aliphatic heterocycles. The van der Waals surface area contributed by atoms with Gasteiger partial charge in [-0.15, -0.1) is 11.3 Å². The number of benzene rings is 1. The monoisotopic (exact) mass is 343 g/mol. The summed E-state index contributed by atoms with van der Waals surface area (Å²) in [6.45, 7) is 5.12. The molecule has 1 amide bonds. The van der Waals surface area contributed by atoms with Crippen molar-refractivity contribution in [3.8, 4) is 0 Å². The smallest absolute Gasteiger partial charge is 0.246 e. The molecule has 1 aromatic carbocycles. The van der Waals surface area contributed by atoms with Crippen LogP contribution < -0.4 is 10.3 Å². The van der Waals surface area contributed by atoms with Crippen molar-refractivity contribution >= 4 is 23.0 Å². The topological polar surface area (TPSA) is 58.8 Å². The summed E-state index contributed by atoms with van der Waals surface area (Å²) in [7, 11) is 0. The third-order valence-electron chi connectivity index (χ3n) is 4.15. The molecule has 1 aliphatic rings. The van der Waals surface area contributed by atoms with Crippen LogP contribution in [0.25, 0.3) is 0 Å². The van der Waals surface area contributed by atoms with E-state index in [9.17, 15) is 4.79 Å². The number of hydrazone groups is 1. The fourth-order valence-corrected chi connectivity index (χ4v) is 3.64. The molecule has 0 saturated carbocycles. The third-order valence-corrected chi connectivity index (χ3v) is 5.11. The number of amides is 1. The van der Waals surface area contributed by atoms with Gasteiger partial charge in [0.05, 0.1) is 19.5 Å². The second-order valence-corrected chi connectivity index (χ2v) is 7.13. The normalized spacial score (nSPS) is 17.5. The number of piperidine rings is 1. The van der Waals surface area contributed by atoms with Crippen molar-refractivity contribution < 1.29 is 9.69 Å². The van der Waals surface area contributed by atoms with Crippen LogP contribution in [0.5, 0.6) is 0 Å². The molecule has 126 valence electrons. The molecule has 0 aliphatic carbocycles. The summed E-state index contributed by atoms with van der Waals surface area (Å²) in [5.41, 5.74) is 6.11. The number of hydrogen-bond donors (Lipinski definition) is 2. The molecule has 0 atom stereocenters. The van der Waals surface area contributed by atoms with Crippen LogP contribution in [-0.4, -0.2) is 29.7 Å². The lowest BCUT2D eigenvalue weighted by Gasteiger charge is -2.24. The van der Waals surface area contributed by atoms with Crippen LogP contribution in [0.2, 0.25) is 0 Å². The highest BCUT2D eigenvalue weighted by molar-refractivity contribution is 7.09. The summed E-state index contributed by atoms with van der Waals surface area (Å²) in [6.07, 6.45) is 2.19. The molecule has 0 radical (unpaired) electrons. The maximum absolute atomic E-state index is 11.9. The van der Waals surface area contributed by atoms with Crippen molar-refractivity contribution in [3.63, 3.8) is 0 Å². The number of likely N-dealkylation sites (tertiary alicyclic amines) is 1. The van der Waals surface area contributed by atoms with Gasteiger partial charge in [0, 0.05) is 35.2 Å². The molecule has 1 fully saturated rings. The van der Waals surface area contributed by atoms with Gasteiger partial charge in [0.15, 0.2) is 0 Å². The number of nitrogens with zero attached hydrogens (tertiary/aromatic N) is 2. The summed E-state index contributed by atoms with van der Waals surface area (Å²) in [5, 5.41) is 7.11. The zero-order valence-corrected chi connectivity index (χ0v) is 14.7. The van der Waals surface area contributed by atoms with E-state index in [-0.39, 0.29) is 5.91 Å². The number of carbonyl (C=O) groups excluding carboxylic acids is 1. The number of aryl methyl sites for hydroxylation is 1. The predicted octanol–water partition coefficient (Wildman–Crippen LogP) is 1.35. The maximum Gasteiger partial charge on any atom is 0.246 e. The van der Waals surface area contributed by atoms with E-state index in [4.69, 9.17) is 0 Å². The van der Waals surface area contributed by atoms with Crippen LogP contribution >= 0.6 is 11.3 Å². The first-order valence-electron chi connectivity index (χ1n) is 8.32. The van der Waals surface area contributed by atoms with E-state index in [1.165, 1.54) is 16.9 Å². The van der Waals surface area contributed by atoms with Crippen molar-refractivity contribution in [1.29, 1.82) is 0 Å². The minimum Gasteiger partial charge on any atom is -0.331 e. The lowest BCUT2D eigenvalue weighted by molar-refractivity contribution is -0.914. The van der Waals surface area contributed by atoms with E-state index >= 15 is 0 Å². The maximum atomic E-state index is 11.9. The van der Waals surface area contributed by atoms with E-state index in [1.807, 2.05) is 12.3 Å². The number of rotatable bonds is 5. The summed E-state index contributed by atoms with van der Waals surface area (Å²) in [6, 6.07) is 10.6. The summed E-state index contributed by atoms with van der Waals surface area (Å²) < 4.78 is 0. The third kappa shape index (κ3) is 4.97. The fourth-order valence-electron chi connectivity index (χ4n) is 2.87. The van der Waals surface area contributed by atoms with Gasteiger partial charge in [0.2, 0.25) is 5.91 Å². The molecule has 3 rings (SSSR count). The lowest BCUT2D eigenvalue weighted by atomic mass is 10.1. The molecule has 5 nitrogen and oxygen atoms in total. The Balaban J connectivity index is 1.42. The number of aromatic nitrogens is 1. The van der Waals surface area contributed by atoms with Crippen molar-refractivity contribution in [1.82, 2.24) is 10.4 Å². The van der Waals surface area contributed by atoms with E-state index in [0.717, 1.165) is 48.9 Å². The van der Waals surface area contributed by atoms with Crippen molar-refractivity contribution in [3.05, 3.63) is 52.0 Å². The first-order chi connectivity index (χ1) is 11.7. The predicted molar refractivity (Wildman–Crippen MR) is 96.2 cm³/mol. The molecule has 0 spiro atoms. The van der Waals surface area contributed by atoms with Crippen LogP contribution in [0.4, 0.5) is 0 Å². The Morgan fingerprint density at radius 3 is 2.71 bits per heavy atom. The molecule has 0 unspecified atom stereocenters. The van der Waals surface area contributed by atoms with Crippen LogP contribution in [0.3, 0.4) is 0 Å². The molecular formula is C18H23N4OS+. The summed E-state index contributed by atoms with van der Waals surface area (Å²) >= 11 is 1.52. The summed E-state index contributed by atoms with van der Waals surface area (Å²) in [4.78, 5) is 17.8. The lowest BCUT2D eigenvalue weighted by Crippen LogP contribution is -3.11. The van der Waals surface area contributed by atoms with Gasteiger partial charge < -0.3 is 4.90 Å². The molecule has 1 aromatic heterocycles. The van der Waals surface area contributed by atoms with Crippen LogP contribution in [0, 0.1) is 6.92 Å². The van der Waals surface area contributed by atoms with Gasteiger partial charge in [-0.2, -0.15) is 5.10 Å². The number of hydrogen-bond acceptors (Lipinski definition) is 4. The first kappa shape index (κ1) is 16.8.